The number of hydrogen-bond donors (Lipinski definition) is 1. The van der Waals surface area contributed by atoms with Crippen LogP contribution in [0.3, 0.4) is 0 Å². The lowest BCUT2D eigenvalue weighted by molar-refractivity contribution is 0.202. The maximum Gasteiger partial charge on any atom is 0.0412 e. The lowest BCUT2D eigenvalue weighted by atomic mass is 9.75. The summed E-state index contributed by atoms with van der Waals surface area (Å²) in [6, 6.07) is 6.74. The largest absolute Gasteiger partial charge is 0.371 e. The quantitative estimate of drug-likeness (QED) is 0.890. The van der Waals surface area contributed by atoms with Crippen molar-refractivity contribution >= 4 is 21.6 Å². The Labute approximate surface area is 131 Å². The molecule has 2 aliphatic rings. The monoisotopic (exact) mass is 336 g/mol. The molecule has 1 N–H and O–H groups in total. The van der Waals surface area contributed by atoms with Gasteiger partial charge in [0, 0.05) is 29.8 Å². The number of halogens is 1. The summed E-state index contributed by atoms with van der Waals surface area (Å²) in [7, 11) is 2.03. The van der Waals surface area contributed by atoms with Crippen LogP contribution in [0.2, 0.25) is 0 Å². The highest BCUT2D eigenvalue weighted by Gasteiger charge is 2.31. The van der Waals surface area contributed by atoms with Crippen LogP contribution in [-0.2, 0) is 6.54 Å². The summed E-state index contributed by atoms with van der Waals surface area (Å²) in [5, 5.41) is 3.30. The Morgan fingerprint density at radius 3 is 2.80 bits per heavy atom. The topological polar surface area (TPSA) is 15.3 Å². The van der Waals surface area contributed by atoms with Gasteiger partial charge in [-0.2, -0.15) is 0 Å². The molecule has 1 saturated carbocycles. The standard InChI is InChI=1S/C17H25BrN2/c1-19-11-15-10-16(18)6-7-17(15)20-9-8-13-4-2-3-5-14(13)12-20/h6-7,10,13-14,19H,2-5,8-9,11-12H2,1H3. The number of nitrogens with one attached hydrogen (secondary N) is 1. The number of fused-ring (bicyclic) bond motifs is 1. The first-order chi connectivity index (χ1) is 9.78. The first-order valence-electron chi connectivity index (χ1n) is 7.96. The van der Waals surface area contributed by atoms with Gasteiger partial charge in [-0.15, -0.1) is 0 Å². The van der Waals surface area contributed by atoms with Gasteiger partial charge < -0.3 is 10.2 Å². The lowest BCUT2D eigenvalue weighted by Gasteiger charge is -2.43. The van der Waals surface area contributed by atoms with Crippen LogP contribution < -0.4 is 10.2 Å². The minimum atomic E-state index is 0.934. The smallest absolute Gasteiger partial charge is 0.0412 e. The Balaban J connectivity index is 1.78. The molecule has 1 aromatic rings. The van der Waals surface area contributed by atoms with Crippen LogP contribution in [-0.4, -0.2) is 20.1 Å². The molecule has 1 saturated heterocycles. The number of piperidine rings is 1. The summed E-state index contributed by atoms with van der Waals surface area (Å²) in [5.41, 5.74) is 2.85. The third kappa shape index (κ3) is 3.04. The van der Waals surface area contributed by atoms with E-state index in [-0.39, 0.29) is 0 Å². The van der Waals surface area contributed by atoms with E-state index in [1.54, 1.807) is 0 Å². The van der Waals surface area contributed by atoms with Crippen LogP contribution in [0.1, 0.15) is 37.7 Å². The molecule has 20 heavy (non-hydrogen) atoms. The van der Waals surface area contributed by atoms with Crippen LogP contribution in [0.25, 0.3) is 0 Å². The first kappa shape index (κ1) is 14.4. The fraction of sp³-hybridized carbons (Fsp3) is 0.647. The average molecular weight is 337 g/mol. The van der Waals surface area contributed by atoms with Gasteiger partial charge in [-0.05, 0) is 55.5 Å². The van der Waals surface area contributed by atoms with Crippen LogP contribution in [0.5, 0.6) is 0 Å². The van der Waals surface area contributed by atoms with Crippen LogP contribution in [0.15, 0.2) is 22.7 Å². The van der Waals surface area contributed by atoms with Crippen LogP contribution in [0, 0.1) is 11.8 Å². The third-order valence-corrected chi connectivity index (χ3v) is 5.53. The highest BCUT2D eigenvalue weighted by molar-refractivity contribution is 9.10. The van der Waals surface area contributed by atoms with Crippen molar-refractivity contribution in [1.29, 1.82) is 0 Å². The number of benzene rings is 1. The van der Waals surface area contributed by atoms with Gasteiger partial charge in [-0.25, -0.2) is 0 Å². The fourth-order valence-corrected chi connectivity index (χ4v) is 4.42. The molecule has 1 aliphatic carbocycles. The Bertz CT molecular complexity index is 460. The van der Waals surface area contributed by atoms with Crippen molar-refractivity contribution in [1.82, 2.24) is 5.32 Å². The summed E-state index contributed by atoms with van der Waals surface area (Å²) in [5.74, 6) is 1.94. The number of nitrogens with zero attached hydrogens (tertiary/aromatic N) is 1. The molecule has 2 atom stereocenters. The molecule has 1 aliphatic heterocycles. The van der Waals surface area contributed by atoms with Crippen molar-refractivity contribution in [2.45, 2.75) is 38.6 Å². The summed E-state index contributed by atoms with van der Waals surface area (Å²) in [6.45, 7) is 3.45. The predicted molar refractivity (Wildman–Crippen MR) is 89.2 cm³/mol. The molecule has 0 radical (unpaired) electrons. The van der Waals surface area contributed by atoms with Gasteiger partial charge in [0.1, 0.15) is 0 Å². The van der Waals surface area contributed by atoms with Gasteiger partial charge in [-0.3, -0.25) is 0 Å². The molecule has 3 heteroatoms. The molecule has 2 nitrogen and oxygen atoms in total. The van der Waals surface area contributed by atoms with Gasteiger partial charge in [0.2, 0.25) is 0 Å². The zero-order chi connectivity index (χ0) is 13.9. The van der Waals surface area contributed by atoms with Crippen molar-refractivity contribution < 1.29 is 0 Å². The molecular formula is C17H25BrN2. The summed E-state index contributed by atoms with van der Waals surface area (Å²) in [6.07, 6.45) is 7.21. The van der Waals surface area contributed by atoms with E-state index in [0.29, 0.717) is 0 Å². The second-order valence-corrected chi connectivity index (χ2v) is 7.26. The van der Waals surface area contributed by atoms with E-state index in [2.05, 4.69) is 44.3 Å². The van der Waals surface area contributed by atoms with Gasteiger partial charge in [0.25, 0.3) is 0 Å². The van der Waals surface area contributed by atoms with E-state index in [1.165, 1.54) is 60.9 Å². The molecule has 0 bridgehead atoms. The lowest BCUT2D eigenvalue weighted by Crippen LogP contribution is -2.42. The molecule has 2 fully saturated rings. The predicted octanol–water partition coefficient (Wildman–Crippen LogP) is 4.19. The molecule has 0 amide bonds. The second-order valence-electron chi connectivity index (χ2n) is 6.34. The molecule has 3 rings (SSSR count). The molecule has 1 aromatic carbocycles. The number of anilines is 1. The maximum absolute atomic E-state index is 3.60. The number of hydrogen-bond acceptors (Lipinski definition) is 2. The Morgan fingerprint density at radius 1 is 1.20 bits per heavy atom. The maximum atomic E-state index is 3.60. The van der Waals surface area contributed by atoms with Gasteiger partial charge in [-0.1, -0.05) is 35.2 Å². The molecule has 2 unspecified atom stereocenters. The van der Waals surface area contributed by atoms with Crippen molar-refractivity contribution in [3.63, 3.8) is 0 Å². The van der Waals surface area contributed by atoms with Crippen molar-refractivity contribution in [2.24, 2.45) is 11.8 Å². The normalized spacial score (nSPS) is 26.4. The Hall–Kier alpha value is -0.540. The first-order valence-corrected chi connectivity index (χ1v) is 8.75. The van der Waals surface area contributed by atoms with E-state index in [9.17, 15) is 0 Å². The molecule has 1 heterocycles. The van der Waals surface area contributed by atoms with Crippen LogP contribution in [0.4, 0.5) is 5.69 Å². The zero-order valence-corrected chi connectivity index (χ0v) is 14.0. The summed E-state index contributed by atoms with van der Waals surface area (Å²) < 4.78 is 1.18. The molecule has 0 spiro atoms. The highest BCUT2D eigenvalue weighted by Crippen LogP contribution is 2.38. The van der Waals surface area contributed by atoms with E-state index in [0.717, 1.165) is 18.4 Å². The number of rotatable bonds is 3. The third-order valence-electron chi connectivity index (χ3n) is 5.04. The second kappa shape index (κ2) is 6.48. The van der Waals surface area contributed by atoms with Crippen LogP contribution >= 0.6 is 15.9 Å². The average Bonchev–Trinajstić information content (AvgIpc) is 2.47. The SMILES string of the molecule is CNCc1cc(Br)ccc1N1CCC2CCCCC2C1. The fourth-order valence-electron chi connectivity index (χ4n) is 4.01. The zero-order valence-electron chi connectivity index (χ0n) is 12.4. The van der Waals surface area contributed by atoms with Gasteiger partial charge in [0.05, 0.1) is 0 Å². The molecule has 0 aromatic heterocycles. The van der Waals surface area contributed by atoms with Gasteiger partial charge >= 0.3 is 0 Å². The van der Waals surface area contributed by atoms with Gasteiger partial charge in [0.15, 0.2) is 0 Å². The minimum absolute atomic E-state index is 0.934. The summed E-state index contributed by atoms with van der Waals surface area (Å²) in [4.78, 5) is 2.63. The van der Waals surface area contributed by atoms with Crippen molar-refractivity contribution in [3.05, 3.63) is 28.2 Å². The van der Waals surface area contributed by atoms with E-state index in [1.807, 2.05) is 7.05 Å². The minimum Gasteiger partial charge on any atom is -0.371 e. The Morgan fingerprint density at radius 2 is 2.00 bits per heavy atom. The molecular weight excluding hydrogens is 312 g/mol. The van der Waals surface area contributed by atoms with E-state index in [4.69, 9.17) is 0 Å². The van der Waals surface area contributed by atoms with Crippen molar-refractivity contribution in [3.8, 4) is 0 Å². The van der Waals surface area contributed by atoms with Crippen molar-refractivity contribution in [2.75, 3.05) is 25.0 Å². The summed E-state index contributed by atoms with van der Waals surface area (Å²) >= 11 is 3.60. The van der Waals surface area contributed by atoms with E-state index < -0.39 is 0 Å². The van der Waals surface area contributed by atoms with E-state index >= 15 is 0 Å². The highest BCUT2D eigenvalue weighted by atomic mass is 79.9. The Kier molecular flexibility index (Phi) is 4.67. The molecule has 110 valence electrons.